The molecule has 0 bridgehead atoms. The molecular formula is C7H10O2. The van der Waals surface area contributed by atoms with Gasteiger partial charge in [0, 0.05) is 0 Å². The van der Waals surface area contributed by atoms with Crippen molar-refractivity contribution in [1.29, 1.82) is 0 Å². The Hall–Kier alpha value is -0.920. The van der Waals surface area contributed by atoms with Crippen LogP contribution in [0.5, 0.6) is 0 Å². The first-order valence-corrected chi connectivity index (χ1v) is 2.77. The molecule has 2 heteroatoms. The van der Waals surface area contributed by atoms with Gasteiger partial charge in [-0.3, -0.25) is 9.59 Å². The first-order chi connectivity index (χ1) is 4.09. The zero-order valence-corrected chi connectivity index (χ0v) is 5.89. The monoisotopic (exact) mass is 126 g/mol. The Bertz CT molecular complexity index is 150. The summed E-state index contributed by atoms with van der Waals surface area (Å²) in [6, 6.07) is 0. The molecule has 0 aliphatic rings. The number of carbonyl (C=O) groups is 2. The van der Waals surface area contributed by atoms with Gasteiger partial charge in [0.25, 0.3) is 0 Å². The zero-order valence-electron chi connectivity index (χ0n) is 5.89. The Morgan fingerprint density at radius 3 is 1.44 bits per heavy atom. The van der Waals surface area contributed by atoms with Crippen LogP contribution in [-0.2, 0) is 9.59 Å². The second-order valence-electron chi connectivity index (χ2n) is 1.81. The van der Waals surface area contributed by atoms with Crippen molar-refractivity contribution in [1.82, 2.24) is 0 Å². The van der Waals surface area contributed by atoms with Crippen molar-refractivity contribution in [3.05, 3.63) is 11.6 Å². The number of allylic oxidation sites excluding steroid dienone is 2. The van der Waals surface area contributed by atoms with Crippen LogP contribution in [0, 0.1) is 0 Å². The van der Waals surface area contributed by atoms with E-state index in [1.165, 1.54) is 19.9 Å². The zero-order chi connectivity index (χ0) is 7.44. The van der Waals surface area contributed by atoms with Crippen LogP contribution in [0.15, 0.2) is 11.6 Å². The molecule has 0 aromatic carbocycles. The van der Waals surface area contributed by atoms with Crippen molar-refractivity contribution in [3.8, 4) is 0 Å². The van der Waals surface area contributed by atoms with Crippen molar-refractivity contribution in [2.24, 2.45) is 0 Å². The molecule has 0 amide bonds. The van der Waals surface area contributed by atoms with Crippen molar-refractivity contribution in [2.45, 2.75) is 20.8 Å². The van der Waals surface area contributed by atoms with Crippen LogP contribution in [0.3, 0.4) is 0 Å². The molecule has 0 radical (unpaired) electrons. The largest absolute Gasteiger partial charge is 0.294 e. The van der Waals surface area contributed by atoms with E-state index in [1.54, 1.807) is 6.92 Å². The molecule has 0 N–H and O–H groups in total. The van der Waals surface area contributed by atoms with Gasteiger partial charge >= 0.3 is 0 Å². The summed E-state index contributed by atoms with van der Waals surface area (Å²) in [4.78, 5) is 21.1. The predicted octanol–water partition coefficient (Wildman–Crippen LogP) is 1.11. The highest BCUT2D eigenvalue weighted by Crippen LogP contribution is 1.95. The van der Waals surface area contributed by atoms with Crippen LogP contribution in [0.1, 0.15) is 20.8 Å². The fraction of sp³-hybridized carbons (Fsp3) is 0.429. The van der Waals surface area contributed by atoms with Crippen LogP contribution in [0.4, 0.5) is 0 Å². The number of hydrogen-bond acceptors (Lipinski definition) is 2. The Labute approximate surface area is 54.6 Å². The minimum Gasteiger partial charge on any atom is -0.294 e. The van der Waals surface area contributed by atoms with E-state index < -0.39 is 0 Å². The molecule has 0 fully saturated rings. The summed E-state index contributed by atoms with van der Waals surface area (Å²) < 4.78 is 0. The fourth-order valence-corrected chi connectivity index (χ4v) is 0.654. The van der Waals surface area contributed by atoms with E-state index in [0.29, 0.717) is 0 Å². The molecule has 50 valence electrons. The topological polar surface area (TPSA) is 34.1 Å². The quantitative estimate of drug-likeness (QED) is 0.315. The average Bonchev–Trinajstić information content (AvgIpc) is 1.64. The highest BCUT2D eigenvalue weighted by atomic mass is 16.1. The van der Waals surface area contributed by atoms with Gasteiger partial charge in [-0.15, -0.1) is 0 Å². The molecule has 0 unspecified atom stereocenters. The molecule has 0 aliphatic heterocycles. The molecule has 0 atom stereocenters. The summed E-state index contributed by atoms with van der Waals surface area (Å²) in [6.07, 6.45) is 1.53. The summed E-state index contributed by atoms with van der Waals surface area (Å²) in [5.41, 5.74) is 0.287. The Balaban J connectivity index is 4.38. The Morgan fingerprint density at radius 1 is 1.11 bits per heavy atom. The van der Waals surface area contributed by atoms with Crippen molar-refractivity contribution < 1.29 is 9.59 Å². The molecule has 9 heavy (non-hydrogen) atoms. The third-order valence-electron chi connectivity index (χ3n) is 1.05. The summed E-state index contributed by atoms with van der Waals surface area (Å²) in [5, 5.41) is 0. The van der Waals surface area contributed by atoms with E-state index in [-0.39, 0.29) is 17.1 Å². The predicted molar refractivity (Wildman–Crippen MR) is 35.1 cm³/mol. The van der Waals surface area contributed by atoms with Crippen LogP contribution >= 0.6 is 0 Å². The highest BCUT2D eigenvalue weighted by molar-refractivity contribution is 6.18. The van der Waals surface area contributed by atoms with E-state index in [9.17, 15) is 9.59 Å². The molecule has 0 aromatic rings. The standard InChI is InChI=1S/C7H10O2/c1-4-7(5(2)8)6(3)9/h4H,1-3H3. The lowest BCUT2D eigenvalue weighted by atomic mass is 10.1. The number of hydrogen-bond donors (Lipinski definition) is 0. The maximum atomic E-state index is 10.5. The third kappa shape index (κ3) is 2.22. The molecular weight excluding hydrogens is 116 g/mol. The van der Waals surface area contributed by atoms with Crippen LogP contribution in [-0.4, -0.2) is 11.6 Å². The maximum Gasteiger partial charge on any atom is 0.163 e. The van der Waals surface area contributed by atoms with Gasteiger partial charge in [0.05, 0.1) is 5.57 Å². The summed E-state index contributed by atoms with van der Waals surface area (Å²) in [5.74, 6) is -0.324. The molecule has 0 aliphatic carbocycles. The molecule has 2 nitrogen and oxygen atoms in total. The lowest BCUT2D eigenvalue weighted by Crippen LogP contribution is -2.04. The molecule has 0 saturated carbocycles. The second-order valence-corrected chi connectivity index (χ2v) is 1.81. The van der Waals surface area contributed by atoms with Crippen LogP contribution in [0.2, 0.25) is 0 Å². The van der Waals surface area contributed by atoms with Gasteiger partial charge in [0.1, 0.15) is 0 Å². The summed E-state index contributed by atoms with van der Waals surface area (Å²) in [7, 11) is 0. The minimum absolute atomic E-state index is 0.162. The minimum atomic E-state index is -0.162. The molecule has 0 spiro atoms. The molecule has 0 saturated heterocycles. The van der Waals surface area contributed by atoms with E-state index >= 15 is 0 Å². The normalized spacial score (nSPS) is 8.33. The van der Waals surface area contributed by atoms with Gasteiger partial charge in [-0.2, -0.15) is 0 Å². The molecule has 0 rings (SSSR count). The lowest BCUT2D eigenvalue weighted by Gasteiger charge is -1.92. The maximum absolute atomic E-state index is 10.5. The van der Waals surface area contributed by atoms with Crippen LogP contribution in [0.25, 0.3) is 0 Å². The van der Waals surface area contributed by atoms with E-state index in [0.717, 1.165) is 0 Å². The van der Waals surface area contributed by atoms with Crippen molar-refractivity contribution >= 4 is 11.6 Å². The van der Waals surface area contributed by atoms with Crippen molar-refractivity contribution in [2.75, 3.05) is 0 Å². The Morgan fingerprint density at radius 2 is 1.44 bits per heavy atom. The van der Waals surface area contributed by atoms with Crippen LogP contribution < -0.4 is 0 Å². The van der Waals surface area contributed by atoms with Gasteiger partial charge in [-0.1, -0.05) is 6.08 Å². The van der Waals surface area contributed by atoms with Gasteiger partial charge in [-0.25, -0.2) is 0 Å². The number of Topliss-reactive ketones (excluding diaryl/α,β-unsaturated/α-hetero) is 2. The first-order valence-electron chi connectivity index (χ1n) is 2.77. The lowest BCUT2D eigenvalue weighted by molar-refractivity contribution is -0.119. The summed E-state index contributed by atoms with van der Waals surface area (Å²) in [6.45, 7) is 4.45. The smallest absolute Gasteiger partial charge is 0.163 e. The van der Waals surface area contributed by atoms with Gasteiger partial charge in [-0.05, 0) is 20.8 Å². The van der Waals surface area contributed by atoms with Gasteiger partial charge in [0.2, 0.25) is 0 Å². The van der Waals surface area contributed by atoms with Crippen molar-refractivity contribution in [3.63, 3.8) is 0 Å². The number of rotatable bonds is 2. The number of ketones is 2. The van der Waals surface area contributed by atoms with E-state index in [4.69, 9.17) is 0 Å². The highest BCUT2D eigenvalue weighted by Gasteiger charge is 2.05. The fourth-order valence-electron chi connectivity index (χ4n) is 0.654. The second kappa shape index (κ2) is 3.17. The summed E-state index contributed by atoms with van der Waals surface area (Å²) >= 11 is 0. The van der Waals surface area contributed by atoms with Gasteiger partial charge in [0.15, 0.2) is 11.6 Å². The first kappa shape index (κ1) is 8.08. The molecule has 0 heterocycles. The van der Waals surface area contributed by atoms with E-state index in [2.05, 4.69) is 0 Å². The molecule has 0 aromatic heterocycles. The third-order valence-corrected chi connectivity index (χ3v) is 1.05. The van der Waals surface area contributed by atoms with E-state index in [1.807, 2.05) is 0 Å². The Kier molecular flexibility index (Phi) is 2.85. The SMILES string of the molecule is CC=C(C(C)=O)C(C)=O. The van der Waals surface area contributed by atoms with Gasteiger partial charge < -0.3 is 0 Å². The average molecular weight is 126 g/mol. The number of carbonyl (C=O) groups excluding carboxylic acids is 2.